The summed E-state index contributed by atoms with van der Waals surface area (Å²) in [7, 11) is 0. The molecule has 1 nitrogen and oxygen atoms in total. The van der Waals surface area contributed by atoms with E-state index >= 15 is 0 Å². The molecule has 60 valence electrons. The van der Waals surface area contributed by atoms with Crippen LogP contribution in [0.5, 0.6) is 0 Å². The van der Waals surface area contributed by atoms with E-state index in [1.807, 2.05) is 11.8 Å². The van der Waals surface area contributed by atoms with Gasteiger partial charge in [-0.1, -0.05) is 12.8 Å². The maximum Gasteiger partial charge on any atom is 0.0521 e. The summed E-state index contributed by atoms with van der Waals surface area (Å²) in [5, 5.41) is 8.52. The molecule has 0 radical (unpaired) electrons. The van der Waals surface area contributed by atoms with Crippen LogP contribution in [0, 0.1) is 5.92 Å². The number of rotatable bonds is 4. The van der Waals surface area contributed by atoms with Crippen LogP contribution in [0.25, 0.3) is 0 Å². The van der Waals surface area contributed by atoms with Gasteiger partial charge in [-0.05, 0) is 24.5 Å². The lowest BCUT2D eigenvalue weighted by atomic mass is 10.1. The number of thioether (sulfide) groups is 1. The van der Waals surface area contributed by atoms with Gasteiger partial charge in [0.25, 0.3) is 0 Å². The standard InChI is InChI=1S/C8H16OS/c9-5-6-10-7-8-3-1-2-4-8/h8-9H,1-7H2. The van der Waals surface area contributed by atoms with E-state index in [-0.39, 0.29) is 0 Å². The van der Waals surface area contributed by atoms with Crippen LogP contribution in [0.2, 0.25) is 0 Å². The quantitative estimate of drug-likeness (QED) is 0.634. The summed E-state index contributed by atoms with van der Waals surface area (Å²) >= 11 is 1.90. The van der Waals surface area contributed by atoms with Gasteiger partial charge in [0.2, 0.25) is 0 Å². The summed E-state index contributed by atoms with van der Waals surface area (Å²) in [6.45, 7) is 0.345. The predicted octanol–water partition coefficient (Wildman–Crippen LogP) is 1.90. The molecule has 0 aromatic rings. The SMILES string of the molecule is OCCSCC1CCCC1. The maximum absolute atomic E-state index is 8.52. The molecule has 0 atom stereocenters. The number of hydrogen-bond donors (Lipinski definition) is 1. The van der Waals surface area contributed by atoms with Crippen LogP contribution in [0.4, 0.5) is 0 Å². The van der Waals surface area contributed by atoms with Crippen LogP contribution in [0.15, 0.2) is 0 Å². The van der Waals surface area contributed by atoms with E-state index in [1.54, 1.807) is 0 Å². The molecule has 1 saturated carbocycles. The van der Waals surface area contributed by atoms with Crippen LogP contribution in [-0.2, 0) is 0 Å². The first-order valence-electron chi connectivity index (χ1n) is 4.12. The van der Waals surface area contributed by atoms with E-state index in [2.05, 4.69) is 0 Å². The smallest absolute Gasteiger partial charge is 0.0521 e. The van der Waals surface area contributed by atoms with Gasteiger partial charge in [-0.25, -0.2) is 0 Å². The lowest BCUT2D eigenvalue weighted by molar-refractivity contribution is 0.322. The monoisotopic (exact) mass is 160 g/mol. The van der Waals surface area contributed by atoms with Crippen molar-refractivity contribution in [1.29, 1.82) is 0 Å². The van der Waals surface area contributed by atoms with Gasteiger partial charge in [-0.3, -0.25) is 0 Å². The van der Waals surface area contributed by atoms with E-state index in [0.717, 1.165) is 11.7 Å². The molecule has 0 amide bonds. The van der Waals surface area contributed by atoms with Gasteiger partial charge in [-0.15, -0.1) is 0 Å². The molecule has 1 aliphatic rings. The van der Waals surface area contributed by atoms with Crippen molar-refractivity contribution in [2.45, 2.75) is 25.7 Å². The Morgan fingerprint density at radius 1 is 1.30 bits per heavy atom. The molecular weight excluding hydrogens is 144 g/mol. The zero-order valence-electron chi connectivity index (χ0n) is 6.38. The van der Waals surface area contributed by atoms with Gasteiger partial charge in [0, 0.05) is 5.75 Å². The van der Waals surface area contributed by atoms with E-state index < -0.39 is 0 Å². The summed E-state index contributed by atoms with van der Waals surface area (Å²) in [5.41, 5.74) is 0. The Labute approximate surface area is 67.2 Å². The second-order valence-electron chi connectivity index (χ2n) is 2.95. The Kier molecular flexibility index (Phi) is 4.23. The Bertz CT molecular complexity index is 79.3. The molecule has 0 heterocycles. The van der Waals surface area contributed by atoms with Gasteiger partial charge in [0.05, 0.1) is 6.61 Å². The Hall–Kier alpha value is 0.310. The summed E-state index contributed by atoms with van der Waals surface area (Å²) < 4.78 is 0. The highest BCUT2D eigenvalue weighted by molar-refractivity contribution is 7.99. The molecule has 10 heavy (non-hydrogen) atoms. The van der Waals surface area contributed by atoms with Crippen molar-refractivity contribution in [1.82, 2.24) is 0 Å². The van der Waals surface area contributed by atoms with Crippen molar-refractivity contribution in [2.24, 2.45) is 5.92 Å². The van der Waals surface area contributed by atoms with Gasteiger partial charge in [0.15, 0.2) is 0 Å². The van der Waals surface area contributed by atoms with E-state index in [9.17, 15) is 0 Å². The highest BCUT2D eigenvalue weighted by Gasteiger charge is 2.13. The molecule has 0 aliphatic heterocycles. The van der Waals surface area contributed by atoms with Crippen molar-refractivity contribution in [2.75, 3.05) is 18.1 Å². The van der Waals surface area contributed by atoms with Crippen molar-refractivity contribution in [3.05, 3.63) is 0 Å². The molecule has 0 spiro atoms. The minimum atomic E-state index is 0.345. The average Bonchev–Trinajstić information content (AvgIpc) is 2.41. The van der Waals surface area contributed by atoms with Crippen molar-refractivity contribution in [3.8, 4) is 0 Å². The third kappa shape index (κ3) is 2.93. The van der Waals surface area contributed by atoms with Crippen molar-refractivity contribution in [3.63, 3.8) is 0 Å². The molecule has 1 fully saturated rings. The van der Waals surface area contributed by atoms with Gasteiger partial charge in [0.1, 0.15) is 0 Å². The molecule has 0 saturated heterocycles. The summed E-state index contributed by atoms with van der Waals surface area (Å²) in [5.74, 6) is 3.17. The second-order valence-corrected chi connectivity index (χ2v) is 4.10. The first-order chi connectivity index (χ1) is 4.93. The molecular formula is C8H16OS. The highest BCUT2D eigenvalue weighted by atomic mass is 32.2. The topological polar surface area (TPSA) is 20.2 Å². The Morgan fingerprint density at radius 3 is 2.60 bits per heavy atom. The fourth-order valence-electron chi connectivity index (χ4n) is 1.49. The molecule has 1 rings (SSSR count). The summed E-state index contributed by atoms with van der Waals surface area (Å²) in [6, 6.07) is 0. The first kappa shape index (κ1) is 8.41. The number of aliphatic hydroxyl groups is 1. The summed E-state index contributed by atoms with van der Waals surface area (Å²) in [4.78, 5) is 0. The van der Waals surface area contributed by atoms with Gasteiger partial charge in [-0.2, -0.15) is 11.8 Å². The molecule has 1 N–H and O–H groups in total. The Balaban J connectivity index is 1.91. The van der Waals surface area contributed by atoms with Crippen LogP contribution in [-0.4, -0.2) is 23.2 Å². The van der Waals surface area contributed by atoms with Gasteiger partial charge >= 0.3 is 0 Å². The average molecular weight is 160 g/mol. The minimum absolute atomic E-state index is 0.345. The highest BCUT2D eigenvalue weighted by Crippen LogP contribution is 2.27. The normalized spacial score (nSPS) is 20.1. The minimum Gasteiger partial charge on any atom is -0.396 e. The predicted molar refractivity (Wildman–Crippen MR) is 46.4 cm³/mol. The molecule has 0 unspecified atom stereocenters. The largest absolute Gasteiger partial charge is 0.396 e. The third-order valence-electron chi connectivity index (χ3n) is 2.06. The molecule has 2 heteroatoms. The van der Waals surface area contributed by atoms with Crippen LogP contribution in [0.1, 0.15) is 25.7 Å². The lowest BCUT2D eigenvalue weighted by Crippen LogP contribution is -1.98. The lowest BCUT2D eigenvalue weighted by Gasteiger charge is -2.05. The molecule has 0 aromatic carbocycles. The fourth-order valence-corrected chi connectivity index (χ4v) is 2.45. The van der Waals surface area contributed by atoms with E-state index in [0.29, 0.717) is 6.61 Å². The van der Waals surface area contributed by atoms with Crippen LogP contribution >= 0.6 is 11.8 Å². The van der Waals surface area contributed by atoms with Crippen LogP contribution < -0.4 is 0 Å². The maximum atomic E-state index is 8.52. The zero-order valence-corrected chi connectivity index (χ0v) is 7.20. The van der Waals surface area contributed by atoms with Crippen molar-refractivity contribution >= 4 is 11.8 Å². The summed E-state index contributed by atoms with van der Waals surface area (Å²) in [6.07, 6.45) is 5.73. The number of hydrogen-bond acceptors (Lipinski definition) is 2. The molecule has 0 bridgehead atoms. The third-order valence-corrected chi connectivity index (χ3v) is 3.24. The molecule has 0 aromatic heterocycles. The zero-order chi connectivity index (χ0) is 7.23. The number of aliphatic hydroxyl groups excluding tert-OH is 1. The molecule has 1 aliphatic carbocycles. The van der Waals surface area contributed by atoms with E-state index in [4.69, 9.17) is 5.11 Å². The van der Waals surface area contributed by atoms with Crippen LogP contribution in [0.3, 0.4) is 0 Å². The second kappa shape index (κ2) is 5.03. The Morgan fingerprint density at radius 2 is 2.00 bits per heavy atom. The fraction of sp³-hybridized carbons (Fsp3) is 1.00. The van der Waals surface area contributed by atoms with Crippen molar-refractivity contribution < 1.29 is 5.11 Å². The van der Waals surface area contributed by atoms with Gasteiger partial charge < -0.3 is 5.11 Å². The van der Waals surface area contributed by atoms with E-state index in [1.165, 1.54) is 31.4 Å². The first-order valence-corrected chi connectivity index (χ1v) is 5.27.